The van der Waals surface area contributed by atoms with Crippen molar-refractivity contribution in [2.45, 2.75) is 31.8 Å². The number of para-hydroxylation sites is 1. The highest BCUT2D eigenvalue weighted by Gasteiger charge is 2.46. The molecule has 0 bridgehead atoms. The van der Waals surface area contributed by atoms with E-state index in [-0.39, 0.29) is 23.1 Å². The van der Waals surface area contributed by atoms with Crippen molar-refractivity contribution in [1.29, 1.82) is 0 Å². The number of hydrogen-bond acceptors (Lipinski definition) is 5. The Morgan fingerprint density at radius 2 is 2.10 bits per heavy atom. The normalized spacial score (nSPS) is 23.7. The molecule has 1 aromatic rings. The fourth-order valence-corrected chi connectivity index (χ4v) is 4.79. The number of hydrogen-bond donors (Lipinski definition) is 1. The van der Waals surface area contributed by atoms with E-state index >= 15 is 0 Å². The molecule has 3 aliphatic heterocycles. The van der Waals surface area contributed by atoms with Crippen molar-refractivity contribution in [2.24, 2.45) is 0 Å². The zero-order valence-corrected chi connectivity index (χ0v) is 16.3. The van der Waals surface area contributed by atoms with Gasteiger partial charge in [-0.1, -0.05) is 32.0 Å². The summed E-state index contributed by atoms with van der Waals surface area (Å²) in [4.78, 5) is 25.5. The average Bonchev–Trinajstić information content (AvgIpc) is 2.93. The number of aliphatic carboxylic acids is 1. The van der Waals surface area contributed by atoms with Crippen molar-refractivity contribution in [2.75, 3.05) is 18.1 Å². The Labute approximate surface area is 168 Å². The second-order valence-corrected chi connectivity index (χ2v) is 8.13. The molecule has 1 aliphatic carbocycles. The van der Waals surface area contributed by atoms with E-state index in [9.17, 15) is 9.59 Å². The Morgan fingerprint density at radius 3 is 2.90 bits per heavy atom. The molecule has 0 aromatic heterocycles. The molecular formula is C23H21NO5. The van der Waals surface area contributed by atoms with Crippen LogP contribution in [0.2, 0.25) is 0 Å². The fourth-order valence-electron chi connectivity index (χ4n) is 4.79. The largest absolute Gasteiger partial charge is 0.481 e. The van der Waals surface area contributed by atoms with E-state index < -0.39 is 12.6 Å². The Hall–Kier alpha value is -3.28. The fraction of sp³-hybridized carbons (Fsp3) is 0.304. The lowest BCUT2D eigenvalue weighted by atomic mass is 9.79. The van der Waals surface area contributed by atoms with Gasteiger partial charge in [-0.2, -0.15) is 0 Å². The van der Waals surface area contributed by atoms with Crippen molar-refractivity contribution in [3.8, 4) is 0 Å². The summed E-state index contributed by atoms with van der Waals surface area (Å²) in [5.41, 5.74) is 5.42. The Kier molecular flexibility index (Phi) is 3.75. The van der Waals surface area contributed by atoms with Crippen molar-refractivity contribution < 1.29 is 24.2 Å². The molecule has 1 aromatic carbocycles. The maximum atomic E-state index is 12.3. The van der Waals surface area contributed by atoms with E-state index in [4.69, 9.17) is 14.6 Å². The summed E-state index contributed by atoms with van der Waals surface area (Å²) >= 11 is 0. The van der Waals surface area contributed by atoms with Crippen LogP contribution in [0.5, 0.6) is 0 Å². The van der Waals surface area contributed by atoms with Crippen LogP contribution in [-0.4, -0.2) is 36.1 Å². The molecule has 0 saturated carbocycles. The summed E-state index contributed by atoms with van der Waals surface area (Å²) in [6.45, 7) is 4.68. The van der Waals surface area contributed by atoms with Crippen LogP contribution in [-0.2, 0) is 24.5 Å². The van der Waals surface area contributed by atoms with Crippen LogP contribution in [0.3, 0.4) is 0 Å². The molecule has 1 N–H and O–H groups in total. The summed E-state index contributed by atoms with van der Waals surface area (Å²) < 4.78 is 11.5. The van der Waals surface area contributed by atoms with Crippen LogP contribution in [0, 0.1) is 0 Å². The molecule has 1 unspecified atom stereocenters. The number of nitrogens with zero attached hydrogens (tertiary/aromatic N) is 1. The summed E-state index contributed by atoms with van der Waals surface area (Å²) in [6.07, 6.45) is 5.74. The predicted molar refractivity (Wildman–Crippen MR) is 106 cm³/mol. The topological polar surface area (TPSA) is 76.1 Å². The standard InChI is InChI=1S/C23H21NO5/c1-23(2)15-5-3-4-6-16(15)24-10-9-18-14(22(23)24)11-13-7-8-17(25)21(20(13)29-18)28-12-19(26)27/h3-8,11,18H,9-10,12H2,1-2H3,(H,26,27). The third-order valence-electron chi connectivity index (χ3n) is 5.98. The molecule has 29 heavy (non-hydrogen) atoms. The van der Waals surface area contributed by atoms with E-state index in [0.29, 0.717) is 5.76 Å². The van der Waals surface area contributed by atoms with Gasteiger partial charge < -0.3 is 19.5 Å². The average molecular weight is 391 g/mol. The highest BCUT2D eigenvalue weighted by Crippen LogP contribution is 2.52. The molecule has 3 heterocycles. The van der Waals surface area contributed by atoms with Crippen molar-refractivity contribution in [3.05, 3.63) is 76.4 Å². The number of ether oxygens (including phenoxy) is 2. The van der Waals surface area contributed by atoms with Gasteiger partial charge in [0.15, 0.2) is 12.4 Å². The van der Waals surface area contributed by atoms with Crippen LogP contribution in [0.25, 0.3) is 0 Å². The van der Waals surface area contributed by atoms with E-state index in [1.165, 1.54) is 23.0 Å². The number of fused-ring (bicyclic) bond motifs is 5. The maximum absolute atomic E-state index is 12.3. The number of carbonyl (C=O) groups excluding carboxylic acids is 1. The van der Waals surface area contributed by atoms with Gasteiger partial charge in [0.25, 0.3) is 0 Å². The minimum Gasteiger partial charge on any atom is -0.481 e. The first-order chi connectivity index (χ1) is 13.9. The van der Waals surface area contributed by atoms with Gasteiger partial charge in [-0.25, -0.2) is 4.79 Å². The van der Waals surface area contributed by atoms with Crippen LogP contribution >= 0.6 is 0 Å². The Balaban J connectivity index is 1.64. The number of carboxylic acid groups (broad SMARTS) is 1. The van der Waals surface area contributed by atoms with E-state index in [1.54, 1.807) is 6.08 Å². The number of anilines is 1. The quantitative estimate of drug-likeness (QED) is 0.853. The van der Waals surface area contributed by atoms with E-state index in [2.05, 4.69) is 49.1 Å². The molecule has 0 amide bonds. The molecule has 6 heteroatoms. The van der Waals surface area contributed by atoms with Crippen LogP contribution in [0.15, 0.2) is 70.9 Å². The second kappa shape index (κ2) is 6.11. The summed E-state index contributed by atoms with van der Waals surface area (Å²) in [7, 11) is 0. The monoisotopic (exact) mass is 391 g/mol. The van der Waals surface area contributed by atoms with Gasteiger partial charge in [-0.3, -0.25) is 4.79 Å². The molecular weight excluding hydrogens is 370 g/mol. The molecule has 1 atom stereocenters. The maximum Gasteiger partial charge on any atom is 0.341 e. The first-order valence-corrected chi connectivity index (χ1v) is 9.69. The first-order valence-electron chi connectivity index (χ1n) is 9.69. The van der Waals surface area contributed by atoms with Gasteiger partial charge in [-0.05, 0) is 29.9 Å². The van der Waals surface area contributed by atoms with Gasteiger partial charge in [0.2, 0.25) is 11.5 Å². The number of carboxylic acids is 1. The first kappa shape index (κ1) is 17.8. The molecule has 5 rings (SSSR count). The summed E-state index contributed by atoms with van der Waals surface area (Å²) in [5, 5.41) is 8.91. The minimum atomic E-state index is -1.14. The summed E-state index contributed by atoms with van der Waals surface area (Å²) in [6, 6.07) is 8.46. The summed E-state index contributed by atoms with van der Waals surface area (Å²) in [5.74, 6) is -1.19. The van der Waals surface area contributed by atoms with Gasteiger partial charge in [0.1, 0.15) is 6.10 Å². The molecule has 0 radical (unpaired) electrons. The smallest absolute Gasteiger partial charge is 0.341 e. The molecule has 148 valence electrons. The van der Waals surface area contributed by atoms with Crippen LogP contribution in [0.1, 0.15) is 25.8 Å². The third-order valence-corrected chi connectivity index (χ3v) is 5.98. The Morgan fingerprint density at radius 1 is 1.31 bits per heavy atom. The molecule has 0 fully saturated rings. The number of carbonyl (C=O) groups is 2. The molecule has 6 nitrogen and oxygen atoms in total. The predicted octanol–water partition coefficient (Wildman–Crippen LogP) is 3.22. The van der Waals surface area contributed by atoms with Crippen molar-refractivity contribution in [3.63, 3.8) is 0 Å². The number of allylic oxidation sites excluding steroid dienone is 3. The highest BCUT2D eigenvalue weighted by atomic mass is 16.5. The van der Waals surface area contributed by atoms with Gasteiger partial charge in [-0.15, -0.1) is 0 Å². The lowest BCUT2D eigenvalue weighted by molar-refractivity contribution is -0.141. The zero-order valence-electron chi connectivity index (χ0n) is 16.3. The zero-order chi connectivity index (χ0) is 20.3. The highest BCUT2D eigenvalue weighted by molar-refractivity contribution is 6.05. The second-order valence-electron chi connectivity index (χ2n) is 8.13. The van der Waals surface area contributed by atoms with Crippen LogP contribution < -0.4 is 4.90 Å². The number of ketones is 1. The molecule has 0 saturated heterocycles. The van der Waals surface area contributed by atoms with Crippen LogP contribution in [0.4, 0.5) is 5.69 Å². The van der Waals surface area contributed by atoms with Gasteiger partial charge in [0.05, 0.1) is 0 Å². The Bertz CT molecular complexity index is 1070. The molecule has 4 aliphatic rings. The SMILES string of the molecule is CC1(C)C2=C3C=C4C=CC(=O)C(OCC(=O)O)=C4OC3CCN2c2ccccc21. The lowest BCUT2D eigenvalue weighted by Crippen LogP contribution is -2.40. The van der Waals surface area contributed by atoms with E-state index in [0.717, 1.165) is 24.1 Å². The minimum absolute atomic E-state index is 0.0263. The van der Waals surface area contributed by atoms with Gasteiger partial charge in [0, 0.05) is 40.9 Å². The van der Waals surface area contributed by atoms with Crippen molar-refractivity contribution in [1.82, 2.24) is 0 Å². The molecule has 0 spiro atoms. The number of benzene rings is 1. The van der Waals surface area contributed by atoms with Gasteiger partial charge >= 0.3 is 5.97 Å². The lowest BCUT2D eigenvalue weighted by Gasteiger charge is -2.40. The van der Waals surface area contributed by atoms with Crippen molar-refractivity contribution >= 4 is 17.4 Å². The third kappa shape index (κ3) is 2.55. The number of rotatable bonds is 3. The van der Waals surface area contributed by atoms with E-state index in [1.807, 2.05) is 0 Å².